The summed E-state index contributed by atoms with van der Waals surface area (Å²) in [4.78, 5) is 26.3. The van der Waals surface area contributed by atoms with Crippen molar-refractivity contribution in [3.05, 3.63) is 29.8 Å². The highest BCUT2D eigenvalue weighted by Gasteiger charge is 2.35. The molecule has 0 unspecified atom stereocenters. The van der Waals surface area contributed by atoms with Gasteiger partial charge in [-0.2, -0.15) is 0 Å². The molecule has 2 aliphatic rings. The molecule has 2 saturated heterocycles. The lowest BCUT2D eigenvalue weighted by molar-refractivity contribution is -0.0213. The van der Waals surface area contributed by atoms with Crippen molar-refractivity contribution in [1.29, 1.82) is 0 Å². The van der Waals surface area contributed by atoms with Gasteiger partial charge in [-0.1, -0.05) is 12.1 Å². The van der Waals surface area contributed by atoms with Gasteiger partial charge in [0.2, 0.25) is 0 Å². The summed E-state index contributed by atoms with van der Waals surface area (Å²) in [5.41, 5.74) is -0.733. The van der Waals surface area contributed by atoms with Crippen molar-refractivity contribution >= 4 is 12.2 Å². The quantitative estimate of drug-likeness (QED) is 0.777. The number of carbonyl (C=O) groups excluding carboxylic acids is 1. The molecular formula is C22H32N2O6. The number of hydrogen-bond acceptors (Lipinski definition) is 5. The van der Waals surface area contributed by atoms with Crippen molar-refractivity contribution < 1.29 is 29.3 Å². The predicted molar refractivity (Wildman–Crippen MR) is 111 cm³/mol. The second kappa shape index (κ2) is 8.71. The number of carboxylic acid groups (broad SMARTS) is 1. The Morgan fingerprint density at radius 2 is 1.57 bits per heavy atom. The normalized spacial score (nSPS) is 20.0. The van der Waals surface area contributed by atoms with Crippen molar-refractivity contribution in [1.82, 2.24) is 9.80 Å². The molecule has 0 saturated carbocycles. The van der Waals surface area contributed by atoms with Crippen LogP contribution < -0.4 is 4.74 Å². The smallest absolute Gasteiger partial charge is 0.410 e. The van der Waals surface area contributed by atoms with E-state index in [1.54, 1.807) is 4.90 Å². The number of piperidine rings is 2. The second-order valence-electron chi connectivity index (χ2n) is 9.11. The highest BCUT2D eigenvalue weighted by atomic mass is 16.6. The van der Waals surface area contributed by atoms with E-state index in [9.17, 15) is 14.7 Å². The largest absolute Gasteiger partial charge is 0.490 e. The van der Waals surface area contributed by atoms with E-state index in [1.807, 2.05) is 45.0 Å². The number of rotatable bonds is 3. The van der Waals surface area contributed by atoms with Crippen LogP contribution in [0.1, 0.15) is 52.0 Å². The number of nitrogens with zero attached hydrogens (tertiary/aromatic N) is 2. The first-order valence-corrected chi connectivity index (χ1v) is 10.5. The molecule has 1 aromatic rings. The van der Waals surface area contributed by atoms with Crippen molar-refractivity contribution in [3.63, 3.8) is 0 Å². The third-order valence-electron chi connectivity index (χ3n) is 5.65. The average Bonchev–Trinajstić information content (AvgIpc) is 2.68. The molecule has 0 atom stereocenters. The summed E-state index contributed by atoms with van der Waals surface area (Å²) < 4.78 is 11.5. The van der Waals surface area contributed by atoms with Crippen LogP contribution in [0.15, 0.2) is 24.3 Å². The first-order valence-electron chi connectivity index (χ1n) is 10.5. The van der Waals surface area contributed by atoms with E-state index in [2.05, 4.69) is 0 Å². The minimum atomic E-state index is -1.01. The Bertz CT molecular complexity index is 742. The molecule has 0 spiro atoms. The summed E-state index contributed by atoms with van der Waals surface area (Å²) in [6.07, 6.45) is 1.01. The number of aliphatic hydroxyl groups is 1. The average molecular weight is 421 g/mol. The maximum atomic E-state index is 12.2. The fourth-order valence-electron chi connectivity index (χ4n) is 3.88. The maximum absolute atomic E-state index is 12.2. The molecule has 2 fully saturated rings. The Kier molecular flexibility index (Phi) is 6.45. The molecular weight excluding hydrogens is 388 g/mol. The van der Waals surface area contributed by atoms with Crippen LogP contribution in [0.3, 0.4) is 0 Å². The Balaban J connectivity index is 1.50. The minimum absolute atomic E-state index is 0.0245. The fourth-order valence-corrected chi connectivity index (χ4v) is 3.88. The first-order chi connectivity index (χ1) is 14.1. The van der Waals surface area contributed by atoms with Crippen molar-refractivity contribution in [2.75, 3.05) is 26.2 Å². The summed E-state index contributed by atoms with van der Waals surface area (Å²) in [5, 5.41) is 20.0. The predicted octanol–water partition coefficient (Wildman–Crippen LogP) is 3.43. The molecule has 166 valence electrons. The number of hydrogen-bond donors (Lipinski definition) is 2. The summed E-state index contributed by atoms with van der Waals surface area (Å²) >= 11 is 0. The first kappa shape index (κ1) is 22.2. The Morgan fingerprint density at radius 3 is 2.07 bits per heavy atom. The van der Waals surface area contributed by atoms with Crippen LogP contribution >= 0.6 is 0 Å². The monoisotopic (exact) mass is 420 g/mol. The summed E-state index contributed by atoms with van der Waals surface area (Å²) in [6.45, 7) is 7.40. The zero-order valence-corrected chi connectivity index (χ0v) is 18.0. The van der Waals surface area contributed by atoms with E-state index in [1.165, 1.54) is 4.90 Å². The van der Waals surface area contributed by atoms with Crippen molar-refractivity contribution in [2.24, 2.45) is 0 Å². The third-order valence-corrected chi connectivity index (χ3v) is 5.65. The van der Waals surface area contributed by atoms with Gasteiger partial charge in [0.15, 0.2) is 0 Å². The van der Waals surface area contributed by atoms with Gasteiger partial charge in [0.25, 0.3) is 0 Å². The SMILES string of the molecule is CC(C)(C)OC(=O)N1CCC(Oc2ccc(C3(O)CCN(C(=O)O)CC3)cc2)CC1. The molecule has 2 N–H and O–H groups in total. The van der Waals surface area contributed by atoms with Gasteiger partial charge in [-0.3, -0.25) is 0 Å². The van der Waals surface area contributed by atoms with E-state index >= 15 is 0 Å². The number of amides is 2. The zero-order valence-electron chi connectivity index (χ0n) is 18.0. The Morgan fingerprint density at radius 1 is 1.00 bits per heavy atom. The molecule has 0 bridgehead atoms. The van der Waals surface area contributed by atoms with Crippen molar-refractivity contribution in [2.45, 2.75) is 63.8 Å². The molecule has 2 aliphatic heterocycles. The van der Waals surface area contributed by atoms with Gasteiger partial charge in [-0.25, -0.2) is 9.59 Å². The lowest BCUT2D eigenvalue weighted by Gasteiger charge is -2.37. The number of carbonyl (C=O) groups is 2. The van der Waals surface area contributed by atoms with E-state index in [0.29, 0.717) is 39.0 Å². The molecule has 3 rings (SSSR count). The number of benzene rings is 1. The molecule has 8 nitrogen and oxygen atoms in total. The molecule has 2 heterocycles. The van der Waals surface area contributed by atoms with Crippen molar-refractivity contribution in [3.8, 4) is 5.75 Å². The highest BCUT2D eigenvalue weighted by molar-refractivity contribution is 5.68. The molecule has 1 aromatic carbocycles. The molecule has 8 heteroatoms. The Labute approximate surface area is 177 Å². The van der Waals surface area contributed by atoms with E-state index in [4.69, 9.17) is 14.6 Å². The summed E-state index contributed by atoms with van der Waals surface area (Å²) in [7, 11) is 0. The van der Waals surface area contributed by atoms with Gasteiger partial charge in [0.05, 0.1) is 5.60 Å². The van der Waals surface area contributed by atoms with Crippen LogP contribution in [-0.2, 0) is 10.3 Å². The van der Waals surface area contributed by atoms with Crippen LogP contribution in [0.2, 0.25) is 0 Å². The molecule has 0 aromatic heterocycles. The second-order valence-corrected chi connectivity index (χ2v) is 9.11. The van der Waals surface area contributed by atoms with E-state index in [-0.39, 0.29) is 12.2 Å². The van der Waals surface area contributed by atoms with Gasteiger partial charge < -0.3 is 29.5 Å². The molecule has 0 radical (unpaired) electrons. The van der Waals surface area contributed by atoms with Gasteiger partial charge in [-0.05, 0) is 51.3 Å². The molecule has 0 aliphatic carbocycles. The third kappa shape index (κ3) is 5.56. The van der Waals surface area contributed by atoms with Gasteiger partial charge >= 0.3 is 12.2 Å². The van der Waals surface area contributed by atoms with Crippen LogP contribution in [0, 0.1) is 0 Å². The molecule has 30 heavy (non-hydrogen) atoms. The summed E-state index contributed by atoms with van der Waals surface area (Å²) in [5.74, 6) is 0.723. The van der Waals surface area contributed by atoms with Gasteiger partial charge in [-0.15, -0.1) is 0 Å². The van der Waals surface area contributed by atoms with Gasteiger partial charge in [0, 0.05) is 39.0 Å². The van der Waals surface area contributed by atoms with E-state index < -0.39 is 17.3 Å². The lowest BCUT2D eigenvalue weighted by Crippen LogP contribution is -2.44. The lowest BCUT2D eigenvalue weighted by atomic mass is 9.84. The fraction of sp³-hybridized carbons (Fsp3) is 0.636. The zero-order chi connectivity index (χ0) is 21.9. The number of ether oxygens (including phenoxy) is 2. The highest BCUT2D eigenvalue weighted by Crippen LogP contribution is 2.34. The van der Waals surface area contributed by atoms with Crippen LogP contribution in [-0.4, -0.2) is 70.1 Å². The molecule has 2 amide bonds. The van der Waals surface area contributed by atoms with Gasteiger partial charge in [0.1, 0.15) is 17.5 Å². The standard InChI is InChI=1S/C22H32N2O6/c1-21(2,3)30-20(27)24-12-8-18(9-13-24)29-17-6-4-16(5-7-17)22(28)10-14-23(15-11-22)19(25)26/h4-7,18,28H,8-15H2,1-3H3,(H,25,26). The van der Waals surface area contributed by atoms with Crippen LogP contribution in [0.4, 0.5) is 9.59 Å². The summed E-state index contributed by atoms with van der Waals surface area (Å²) in [6, 6.07) is 7.39. The van der Waals surface area contributed by atoms with Crippen LogP contribution in [0.5, 0.6) is 5.75 Å². The van der Waals surface area contributed by atoms with Crippen LogP contribution in [0.25, 0.3) is 0 Å². The topological polar surface area (TPSA) is 99.5 Å². The van der Waals surface area contributed by atoms with E-state index in [0.717, 1.165) is 24.2 Å². The number of likely N-dealkylation sites (tertiary alicyclic amines) is 2. The Hall–Kier alpha value is -2.48. The maximum Gasteiger partial charge on any atom is 0.410 e. The minimum Gasteiger partial charge on any atom is -0.490 e.